The molecule has 2 heterocycles. The van der Waals surface area contributed by atoms with Crippen LogP contribution in [0.3, 0.4) is 0 Å². The van der Waals surface area contributed by atoms with Crippen molar-refractivity contribution in [3.8, 4) is 20.9 Å². The minimum absolute atomic E-state index is 0.246. The SMILES string of the molecule is Cc1sc(-c2cccc(Br)c2)cc1C1=C(c2cc(-c3cccc(Br)c3)sc2C)C(F)(F)C(F)(F)C1(F)F. The highest BCUT2D eigenvalue weighted by Crippen LogP contribution is 2.66. The fourth-order valence-electron chi connectivity index (χ4n) is 4.46. The van der Waals surface area contributed by atoms with Gasteiger partial charge in [0.1, 0.15) is 0 Å². The second-order valence-corrected chi connectivity index (χ2v) is 13.0. The molecule has 2 aromatic heterocycles. The van der Waals surface area contributed by atoms with Crippen molar-refractivity contribution in [1.29, 1.82) is 0 Å². The van der Waals surface area contributed by atoms with Crippen LogP contribution in [0.2, 0.25) is 0 Å². The van der Waals surface area contributed by atoms with Gasteiger partial charge in [0.2, 0.25) is 0 Å². The van der Waals surface area contributed by atoms with E-state index in [1.807, 2.05) is 0 Å². The Morgan fingerprint density at radius 1 is 0.595 bits per heavy atom. The van der Waals surface area contributed by atoms with Crippen molar-refractivity contribution in [2.24, 2.45) is 0 Å². The van der Waals surface area contributed by atoms with Crippen LogP contribution in [0.15, 0.2) is 69.6 Å². The van der Waals surface area contributed by atoms with Gasteiger partial charge in [0.25, 0.3) is 0 Å². The lowest BCUT2D eigenvalue weighted by molar-refractivity contribution is -0.254. The molecule has 0 saturated carbocycles. The Kier molecular flexibility index (Phi) is 6.57. The zero-order valence-corrected chi connectivity index (χ0v) is 23.9. The molecule has 0 saturated heterocycles. The maximum Gasteiger partial charge on any atom is 0.380 e. The second kappa shape index (κ2) is 9.10. The van der Waals surface area contributed by atoms with Crippen molar-refractivity contribution in [3.63, 3.8) is 0 Å². The van der Waals surface area contributed by atoms with Gasteiger partial charge < -0.3 is 0 Å². The largest absolute Gasteiger partial charge is 0.380 e. The van der Waals surface area contributed by atoms with Crippen LogP contribution >= 0.6 is 54.5 Å². The van der Waals surface area contributed by atoms with E-state index in [1.54, 1.807) is 48.5 Å². The van der Waals surface area contributed by atoms with Gasteiger partial charge in [0.05, 0.1) is 0 Å². The first-order valence-corrected chi connectivity index (χ1v) is 14.1. The number of allylic oxidation sites excluding steroid dienone is 2. The zero-order valence-electron chi connectivity index (χ0n) is 19.1. The predicted octanol–water partition coefficient (Wildman–Crippen LogP) is 11.1. The predicted molar refractivity (Wildman–Crippen MR) is 146 cm³/mol. The molecule has 4 aromatic rings. The zero-order chi connectivity index (χ0) is 26.9. The average molecular weight is 678 g/mol. The molecule has 0 fully saturated rings. The van der Waals surface area contributed by atoms with E-state index < -0.39 is 28.9 Å². The molecule has 1 aliphatic rings. The third-order valence-corrected chi connectivity index (χ3v) is 9.44. The molecule has 2 aromatic carbocycles. The first-order chi connectivity index (χ1) is 17.3. The minimum Gasteiger partial charge on any atom is -0.194 e. The van der Waals surface area contributed by atoms with Gasteiger partial charge in [-0.3, -0.25) is 0 Å². The van der Waals surface area contributed by atoms with Crippen LogP contribution in [-0.2, 0) is 0 Å². The molecule has 0 atom stereocenters. The molecule has 10 heteroatoms. The van der Waals surface area contributed by atoms with Crippen molar-refractivity contribution in [3.05, 3.63) is 90.5 Å². The summed E-state index contributed by atoms with van der Waals surface area (Å²) in [6.07, 6.45) is 0. The van der Waals surface area contributed by atoms with Gasteiger partial charge in [-0.15, -0.1) is 22.7 Å². The summed E-state index contributed by atoms with van der Waals surface area (Å²) in [5.41, 5.74) is -1.94. The van der Waals surface area contributed by atoms with E-state index in [9.17, 15) is 8.78 Å². The Bertz CT molecular complexity index is 1450. The van der Waals surface area contributed by atoms with Gasteiger partial charge in [-0.25, -0.2) is 0 Å². The number of hydrogen-bond acceptors (Lipinski definition) is 2. The van der Waals surface area contributed by atoms with Gasteiger partial charge in [0, 0.05) is 39.6 Å². The Hall–Kier alpha value is -1.88. The highest BCUT2D eigenvalue weighted by Gasteiger charge is 2.80. The van der Waals surface area contributed by atoms with E-state index in [0.29, 0.717) is 20.9 Å². The van der Waals surface area contributed by atoms with Crippen LogP contribution in [0, 0.1) is 13.8 Å². The Labute approximate surface area is 233 Å². The van der Waals surface area contributed by atoms with E-state index in [0.717, 1.165) is 31.6 Å². The van der Waals surface area contributed by atoms with E-state index in [2.05, 4.69) is 31.9 Å². The number of hydrogen-bond donors (Lipinski definition) is 0. The Balaban J connectivity index is 1.78. The van der Waals surface area contributed by atoms with Crippen LogP contribution < -0.4 is 0 Å². The number of benzene rings is 2. The second-order valence-electron chi connectivity index (χ2n) is 8.65. The summed E-state index contributed by atoms with van der Waals surface area (Å²) >= 11 is 8.87. The molecular weight excluding hydrogens is 662 g/mol. The monoisotopic (exact) mass is 676 g/mol. The number of rotatable bonds is 4. The number of aryl methyl sites for hydroxylation is 2. The minimum atomic E-state index is -5.60. The van der Waals surface area contributed by atoms with Crippen molar-refractivity contribution < 1.29 is 26.3 Å². The summed E-state index contributed by atoms with van der Waals surface area (Å²) < 4.78 is 92.7. The molecule has 0 radical (unpaired) electrons. The lowest BCUT2D eigenvalue weighted by atomic mass is 9.94. The highest BCUT2D eigenvalue weighted by molar-refractivity contribution is 9.10. The number of alkyl halides is 6. The van der Waals surface area contributed by atoms with Crippen LogP contribution in [0.4, 0.5) is 26.3 Å². The molecule has 192 valence electrons. The number of halogens is 8. The number of thiophene rings is 2. The highest BCUT2D eigenvalue weighted by atomic mass is 79.9. The normalized spacial score (nSPS) is 18.0. The first kappa shape index (κ1) is 26.7. The molecule has 0 aliphatic heterocycles. The van der Waals surface area contributed by atoms with Gasteiger partial charge in [-0.05, 0) is 72.5 Å². The summed E-state index contributed by atoms with van der Waals surface area (Å²) in [4.78, 5) is 1.50. The summed E-state index contributed by atoms with van der Waals surface area (Å²) in [7, 11) is 0. The molecule has 0 spiro atoms. The lowest BCUT2D eigenvalue weighted by Gasteiger charge is -2.25. The Morgan fingerprint density at radius 2 is 0.973 bits per heavy atom. The van der Waals surface area contributed by atoms with Crippen molar-refractivity contribution in [1.82, 2.24) is 0 Å². The van der Waals surface area contributed by atoms with Crippen LogP contribution in [0.5, 0.6) is 0 Å². The van der Waals surface area contributed by atoms with Gasteiger partial charge in [-0.2, -0.15) is 26.3 Å². The first-order valence-electron chi connectivity index (χ1n) is 10.9. The average Bonchev–Trinajstić information content (AvgIpc) is 3.41. The molecule has 0 bridgehead atoms. The van der Waals surface area contributed by atoms with Crippen molar-refractivity contribution in [2.45, 2.75) is 31.6 Å². The molecule has 0 nitrogen and oxygen atoms in total. The lowest BCUT2D eigenvalue weighted by Crippen LogP contribution is -2.48. The van der Waals surface area contributed by atoms with Crippen LogP contribution in [-0.4, -0.2) is 17.8 Å². The molecule has 0 amide bonds. The summed E-state index contributed by atoms with van der Waals surface area (Å²) in [6.45, 7) is 2.95. The standard InChI is InChI=1S/C27H16Br2F6S2/c1-13-19(11-21(36-13)15-5-3-7-17(28)9-15)23-24(26(32,33)27(34,35)25(23,30)31)20-12-22(37-14(20)2)16-6-4-8-18(29)10-16/h3-12H,1-2H3. The van der Waals surface area contributed by atoms with E-state index in [4.69, 9.17) is 0 Å². The molecular formula is C27H16Br2F6S2. The quantitative estimate of drug-likeness (QED) is 0.189. The van der Waals surface area contributed by atoms with E-state index >= 15 is 17.6 Å². The summed E-state index contributed by atoms with van der Waals surface area (Å²) in [5, 5.41) is 0. The topological polar surface area (TPSA) is 0 Å². The maximum atomic E-state index is 15.4. The Morgan fingerprint density at radius 3 is 1.32 bits per heavy atom. The van der Waals surface area contributed by atoms with Gasteiger partial charge >= 0.3 is 17.8 Å². The smallest absolute Gasteiger partial charge is 0.194 e. The fraction of sp³-hybridized carbons (Fsp3) is 0.185. The van der Waals surface area contributed by atoms with Gasteiger partial charge in [0.15, 0.2) is 0 Å². The van der Waals surface area contributed by atoms with E-state index in [-0.39, 0.29) is 20.9 Å². The summed E-state index contributed by atoms with van der Waals surface area (Å²) in [6, 6.07) is 16.6. The molecule has 37 heavy (non-hydrogen) atoms. The van der Waals surface area contributed by atoms with Crippen molar-refractivity contribution in [2.75, 3.05) is 0 Å². The molecule has 0 unspecified atom stereocenters. The maximum absolute atomic E-state index is 15.4. The molecule has 5 rings (SSSR count). The van der Waals surface area contributed by atoms with Gasteiger partial charge in [-0.1, -0.05) is 56.1 Å². The third-order valence-electron chi connectivity index (χ3n) is 6.26. The summed E-state index contributed by atoms with van der Waals surface area (Å²) in [5.74, 6) is -15.8. The van der Waals surface area contributed by atoms with Crippen LogP contribution in [0.25, 0.3) is 32.0 Å². The third kappa shape index (κ3) is 4.15. The van der Waals surface area contributed by atoms with E-state index in [1.165, 1.54) is 26.0 Å². The fourth-order valence-corrected chi connectivity index (χ4v) is 7.30. The molecule has 1 aliphatic carbocycles. The molecule has 0 N–H and O–H groups in total. The van der Waals surface area contributed by atoms with Crippen molar-refractivity contribution >= 4 is 65.7 Å². The van der Waals surface area contributed by atoms with Crippen LogP contribution in [0.1, 0.15) is 20.9 Å².